The van der Waals surface area contributed by atoms with E-state index in [2.05, 4.69) is 19.3 Å². The van der Waals surface area contributed by atoms with Crippen LogP contribution in [-0.4, -0.2) is 26.0 Å². The molecule has 0 aliphatic carbocycles. The second-order valence-electron chi connectivity index (χ2n) is 4.66. The smallest absolute Gasteiger partial charge is 0.150 e. The Bertz CT molecular complexity index is 290. The summed E-state index contributed by atoms with van der Waals surface area (Å²) < 4.78 is 22.6. The Hall–Kier alpha value is -0.130. The summed E-state index contributed by atoms with van der Waals surface area (Å²) in [5.74, 6) is 7.00. The average Bonchev–Trinajstić information content (AvgIpc) is 2.53. The van der Waals surface area contributed by atoms with Gasteiger partial charge in [-0.15, -0.1) is 0 Å². The second kappa shape index (κ2) is 5.27. The van der Waals surface area contributed by atoms with Gasteiger partial charge in [0.05, 0.1) is 11.5 Å². The topological polar surface area (TPSA) is 72.2 Å². The molecule has 1 rings (SSSR count). The zero-order valence-corrected chi connectivity index (χ0v) is 10.4. The predicted molar refractivity (Wildman–Crippen MR) is 61.9 cm³/mol. The van der Waals surface area contributed by atoms with Crippen LogP contribution in [0.25, 0.3) is 0 Å². The molecule has 0 radical (unpaired) electrons. The van der Waals surface area contributed by atoms with E-state index in [0.29, 0.717) is 23.3 Å². The largest absolute Gasteiger partial charge is 0.271 e. The Morgan fingerprint density at radius 1 is 1.53 bits per heavy atom. The summed E-state index contributed by atoms with van der Waals surface area (Å²) in [6.07, 6.45) is 2.75. The molecule has 0 aromatic carbocycles. The third-order valence-corrected chi connectivity index (χ3v) is 5.30. The van der Waals surface area contributed by atoms with E-state index >= 15 is 0 Å². The molecule has 1 aliphatic rings. The first kappa shape index (κ1) is 12.9. The van der Waals surface area contributed by atoms with Crippen molar-refractivity contribution in [3.63, 3.8) is 0 Å². The van der Waals surface area contributed by atoms with Crippen molar-refractivity contribution >= 4 is 9.84 Å². The van der Waals surface area contributed by atoms with Crippen molar-refractivity contribution < 1.29 is 8.42 Å². The molecule has 0 bridgehead atoms. The van der Waals surface area contributed by atoms with E-state index in [-0.39, 0.29) is 6.04 Å². The van der Waals surface area contributed by atoms with Crippen molar-refractivity contribution in [2.24, 2.45) is 17.7 Å². The molecular formula is C10H22N2O2S. The summed E-state index contributed by atoms with van der Waals surface area (Å²) in [4.78, 5) is 0. The summed E-state index contributed by atoms with van der Waals surface area (Å²) in [5.41, 5.74) is 2.81. The Balaban J connectivity index is 2.47. The maximum Gasteiger partial charge on any atom is 0.150 e. The highest BCUT2D eigenvalue weighted by Gasteiger charge is 2.30. The quantitative estimate of drug-likeness (QED) is 0.542. The van der Waals surface area contributed by atoms with Crippen LogP contribution in [0.1, 0.15) is 33.1 Å². The van der Waals surface area contributed by atoms with Crippen molar-refractivity contribution in [1.82, 2.24) is 5.43 Å². The van der Waals surface area contributed by atoms with Crippen molar-refractivity contribution in [3.05, 3.63) is 0 Å². The molecule has 3 unspecified atom stereocenters. The second-order valence-corrected chi connectivity index (χ2v) is 6.89. The molecule has 1 aliphatic heterocycles. The van der Waals surface area contributed by atoms with Crippen LogP contribution in [0.5, 0.6) is 0 Å². The molecule has 0 spiro atoms. The molecule has 0 aromatic heterocycles. The molecule has 3 atom stereocenters. The fourth-order valence-electron chi connectivity index (χ4n) is 2.17. The maximum atomic E-state index is 11.3. The summed E-state index contributed by atoms with van der Waals surface area (Å²) in [6.45, 7) is 4.27. The van der Waals surface area contributed by atoms with Crippen molar-refractivity contribution in [1.29, 1.82) is 0 Å². The lowest BCUT2D eigenvalue weighted by Crippen LogP contribution is -2.41. The fourth-order valence-corrected chi connectivity index (χ4v) is 4.05. The van der Waals surface area contributed by atoms with Crippen molar-refractivity contribution in [2.75, 3.05) is 11.5 Å². The Kier molecular flexibility index (Phi) is 4.55. The lowest BCUT2D eigenvalue weighted by Gasteiger charge is -2.24. The molecule has 0 aromatic rings. The minimum Gasteiger partial charge on any atom is -0.271 e. The number of hydrogen-bond acceptors (Lipinski definition) is 4. The Morgan fingerprint density at radius 2 is 2.20 bits per heavy atom. The van der Waals surface area contributed by atoms with Gasteiger partial charge in [0, 0.05) is 6.04 Å². The van der Waals surface area contributed by atoms with E-state index in [9.17, 15) is 8.42 Å². The first-order valence-corrected chi connectivity index (χ1v) is 7.47. The van der Waals surface area contributed by atoms with Crippen molar-refractivity contribution in [3.8, 4) is 0 Å². The van der Waals surface area contributed by atoms with Crippen LogP contribution < -0.4 is 11.3 Å². The van der Waals surface area contributed by atoms with Gasteiger partial charge in [-0.1, -0.05) is 20.3 Å². The molecule has 1 fully saturated rings. The lowest BCUT2D eigenvalue weighted by atomic mass is 9.90. The monoisotopic (exact) mass is 234 g/mol. The molecule has 90 valence electrons. The first-order valence-electron chi connectivity index (χ1n) is 5.65. The van der Waals surface area contributed by atoms with Crippen LogP contribution in [0.4, 0.5) is 0 Å². The van der Waals surface area contributed by atoms with Crippen LogP contribution in [0.15, 0.2) is 0 Å². The summed E-state index contributed by atoms with van der Waals surface area (Å²) in [5, 5.41) is 0. The van der Waals surface area contributed by atoms with Crippen LogP contribution in [0, 0.1) is 11.8 Å². The van der Waals surface area contributed by atoms with Gasteiger partial charge in [-0.3, -0.25) is 11.3 Å². The van der Waals surface area contributed by atoms with E-state index in [0.717, 1.165) is 19.3 Å². The molecule has 0 amide bonds. The molecule has 15 heavy (non-hydrogen) atoms. The molecule has 4 nitrogen and oxygen atoms in total. The van der Waals surface area contributed by atoms with E-state index in [1.807, 2.05) is 0 Å². The highest BCUT2D eigenvalue weighted by atomic mass is 32.2. The normalized spacial score (nSPS) is 28.9. The summed E-state index contributed by atoms with van der Waals surface area (Å²) in [7, 11) is -2.75. The van der Waals surface area contributed by atoms with E-state index in [1.165, 1.54) is 0 Å². The lowest BCUT2D eigenvalue weighted by molar-refractivity contribution is 0.313. The molecular weight excluding hydrogens is 212 g/mol. The van der Waals surface area contributed by atoms with Gasteiger partial charge in [-0.05, 0) is 24.7 Å². The molecule has 0 saturated carbocycles. The number of hydrogen-bond donors (Lipinski definition) is 2. The van der Waals surface area contributed by atoms with Crippen LogP contribution in [-0.2, 0) is 9.84 Å². The SMILES string of the molecule is CCC(C)C(CC1CCS(=O)(=O)C1)NN. The zero-order valence-electron chi connectivity index (χ0n) is 9.57. The predicted octanol–water partition coefficient (Wildman–Crippen LogP) is 0.689. The summed E-state index contributed by atoms with van der Waals surface area (Å²) >= 11 is 0. The zero-order chi connectivity index (χ0) is 11.5. The van der Waals surface area contributed by atoms with Gasteiger partial charge >= 0.3 is 0 Å². The van der Waals surface area contributed by atoms with Crippen LogP contribution in [0.2, 0.25) is 0 Å². The van der Waals surface area contributed by atoms with Gasteiger partial charge in [0.1, 0.15) is 0 Å². The highest BCUT2D eigenvalue weighted by Crippen LogP contribution is 2.25. The van der Waals surface area contributed by atoms with Gasteiger partial charge in [0.15, 0.2) is 9.84 Å². The van der Waals surface area contributed by atoms with E-state index in [4.69, 9.17) is 5.84 Å². The van der Waals surface area contributed by atoms with Gasteiger partial charge in [0.25, 0.3) is 0 Å². The van der Waals surface area contributed by atoms with Gasteiger partial charge in [0.2, 0.25) is 0 Å². The van der Waals surface area contributed by atoms with E-state index in [1.54, 1.807) is 0 Å². The Morgan fingerprint density at radius 3 is 2.60 bits per heavy atom. The van der Waals surface area contributed by atoms with Crippen LogP contribution >= 0.6 is 0 Å². The maximum absolute atomic E-state index is 11.3. The van der Waals surface area contributed by atoms with Crippen LogP contribution in [0.3, 0.4) is 0 Å². The Labute approximate surface area is 92.5 Å². The highest BCUT2D eigenvalue weighted by molar-refractivity contribution is 7.91. The van der Waals surface area contributed by atoms with E-state index < -0.39 is 9.84 Å². The van der Waals surface area contributed by atoms with Gasteiger partial charge in [-0.2, -0.15) is 0 Å². The third kappa shape index (κ3) is 3.74. The molecule has 5 heteroatoms. The number of nitrogens with one attached hydrogen (secondary N) is 1. The average molecular weight is 234 g/mol. The summed E-state index contributed by atoms with van der Waals surface area (Å²) in [6, 6.07) is 0.244. The third-order valence-electron chi connectivity index (χ3n) is 3.46. The minimum atomic E-state index is -2.75. The first-order chi connectivity index (χ1) is 6.98. The molecule has 1 saturated heterocycles. The molecule has 1 heterocycles. The van der Waals surface area contributed by atoms with Gasteiger partial charge < -0.3 is 0 Å². The number of nitrogens with two attached hydrogens (primary N) is 1. The minimum absolute atomic E-state index is 0.244. The standard InChI is InChI=1S/C10H22N2O2S/c1-3-8(2)10(12-11)6-9-4-5-15(13,14)7-9/h8-10,12H,3-7,11H2,1-2H3. The fraction of sp³-hybridized carbons (Fsp3) is 1.00. The number of hydrazine groups is 1. The number of rotatable bonds is 5. The van der Waals surface area contributed by atoms with Crippen molar-refractivity contribution in [2.45, 2.75) is 39.2 Å². The van der Waals surface area contributed by atoms with Gasteiger partial charge in [-0.25, -0.2) is 8.42 Å². The number of sulfone groups is 1. The molecule has 3 N–H and O–H groups in total.